The molecule has 0 aliphatic heterocycles. The number of pyridine rings is 3. The summed E-state index contributed by atoms with van der Waals surface area (Å²) in [5.41, 5.74) is 0.922. The monoisotopic (exact) mass is 546 g/mol. The molecule has 0 aliphatic carbocycles. The molecule has 40 heavy (non-hydrogen) atoms. The highest BCUT2D eigenvalue weighted by molar-refractivity contribution is 6.08. The number of nitrogens with one attached hydrogen (secondary N) is 1. The lowest BCUT2D eigenvalue weighted by Gasteiger charge is -2.16. The summed E-state index contributed by atoms with van der Waals surface area (Å²) >= 11 is 0. The second-order valence-corrected chi connectivity index (χ2v) is 8.76. The Morgan fingerprint density at radius 2 is 1.73 bits per heavy atom. The second-order valence-electron chi connectivity index (χ2n) is 8.76. The van der Waals surface area contributed by atoms with Crippen LogP contribution in [0.4, 0.5) is 18.9 Å². The standard InChI is InChI=1S/C29H21F3N4O4/c1-14-25(19-6-4-16(30)10-20(19)31)28(37)26(15(2)35-14)29(38)36-17-5-7-23(21(32)11-17)40-24-8-9-33-22-12-18(39-3)13-34-27(22)24/h4-13H,1-3H3,(H,35,37)(H,36,38). The number of nitrogens with zero attached hydrogens (tertiary/aromatic N) is 3. The van der Waals surface area contributed by atoms with E-state index in [0.29, 0.717) is 22.8 Å². The van der Waals surface area contributed by atoms with Crippen molar-refractivity contribution in [3.8, 4) is 34.1 Å². The first-order chi connectivity index (χ1) is 19.2. The number of anilines is 1. The van der Waals surface area contributed by atoms with Crippen LogP contribution in [-0.4, -0.2) is 33.1 Å². The molecule has 5 rings (SSSR count). The fourth-order valence-corrected chi connectivity index (χ4v) is 4.27. The second kappa shape index (κ2) is 10.5. The van der Waals surface area contributed by atoms with Crippen LogP contribution in [0.25, 0.3) is 22.2 Å². The summed E-state index contributed by atoms with van der Waals surface area (Å²) < 4.78 is 53.8. The maximum Gasteiger partial charge on any atom is 0.261 e. The lowest BCUT2D eigenvalue weighted by Crippen LogP contribution is -2.16. The van der Waals surface area contributed by atoms with Crippen LogP contribution in [0, 0.1) is 31.3 Å². The molecule has 202 valence electrons. The number of fused-ring (bicyclic) bond motifs is 1. The Morgan fingerprint density at radius 1 is 0.925 bits per heavy atom. The molecule has 0 bridgehead atoms. The molecule has 0 aliphatic rings. The van der Waals surface area contributed by atoms with Gasteiger partial charge in [0.15, 0.2) is 17.3 Å². The Labute approximate surface area is 226 Å². The molecule has 0 atom stereocenters. The van der Waals surface area contributed by atoms with E-state index in [4.69, 9.17) is 9.47 Å². The number of halogens is 3. The molecule has 2 N–H and O–H groups in total. The van der Waals surface area contributed by atoms with Gasteiger partial charge in [0.05, 0.1) is 24.5 Å². The minimum absolute atomic E-state index is 0.0565. The third kappa shape index (κ3) is 4.96. The van der Waals surface area contributed by atoms with Crippen molar-refractivity contribution >= 4 is 22.6 Å². The van der Waals surface area contributed by atoms with E-state index < -0.39 is 29.1 Å². The highest BCUT2D eigenvalue weighted by Crippen LogP contribution is 2.38. The smallest absolute Gasteiger partial charge is 0.261 e. The van der Waals surface area contributed by atoms with Gasteiger partial charge in [-0.3, -0.25) is 14.8 Å². The fraction of sp³-hybridized carbons (Fsp3) is 0.103. The quantitative estimate of drug-likeness (QED) is 0.251. The average Bonchev–Trinajstić information content (AvgIpc) is 2.91. The van der Waals surface area contributed by atoms with Crippen molar-refractivity contribution in [3.05, 3.63) is 95.3 Å². The molecule has 3 heterocycles. The average molecular weight is 547 g/mol. The SMILES string of the molecule is COc1cnc2c(Oc3ccc(NC(=O)c4c(C)nc(C)c(-c5ccc(F)cc5F)c4O)cc3F)ccnc2c1. The molecule has 2 aromatic carbocycles. The van der Waals surface area contributed by atoms with Gasteiger partial charge in [-0.05, 0) is 38.1 Å². The Balaban J connectivity index is 1.42. The number of carbonyl (C=O) groups excluding carboxylic acids is 1. The van der Waals surface area contributed by atoms with Crippen molar-refractivity contribution in [3.63, 3.8) is 0 Å². The van der Waals surface area contributed by atoms with Crippen molar-refractivity contribution in [1.29, 1.82) is 0 Å². The van der Waals surface area contributed by atoms with Gasteiger partial charge in [-0.15, -0.1) is 0 Å². The zero-order valence-corrected chi connectivity index (χ0v) is 21.4. The molecule has 0 saturated carbocycles. The van der Waals surface area contributed by atoms with Crippen LogP contribution in [0.15, 0.2) is 60.9 Å². The highest BCUT2D eigenvalue weighted by Gasteiger charge is 2.24. The number of aryl methyl sites for hydroxylation is 2. The molecule has 0 spiro atoms. The van der Waals surface area contributed by atoms with Gasteiger partial charge in [0.25, 0.3) is 5.91 Å². The van der Waals surface area contributed by atoms with Crippen LogP contribution in [0.2, 0.25) is 0 Å². The fourth-order valence-electron chi connectivity index (χ4n) is 4.27. The Morgan fingerprint density at radius 3 is 2.45 bits per heavy atom. The molecular formula is C29H21F3N4O4. The van der Waals surface area contributed by atoms with Gasteiger partial charge in [-0.1, -0.05) is 0 Å². The summed E-state index contributed by atoms with van der Waals surface area (Å²) in [6, 6.07) is 9.82. The number of methoxy groups -OCH3 is 1. The summed E-state index contributed by atoms with van der Waals surface area (Å²) in [7, 11) is 1.50. The maximum absolute atomic E-state index is 15.0. The Kier molecular flexibility index (Phi) is 6.95. The summed E-state index contributed by atoms with van der Waals surface area (Å²) in [4.78, 5) is 25.9. The van der Waals surface area contributed by atoms with Crippen LogP contribution >= 0.6 is 0 Å². The normalized spacial score (nSPS) is 10.9. The van der Waals surface area contributed by atoms with Gasteiger partial charge in [-0.25, -0.2) is 18.2 Å². The zero-order valence-electron chi connectivity index (χ0n) is 21.4. The van der Waals surface area contributed by atoms with Crippen LogP contribution < -0.4 is 14.8 Å². The number of carbonyl (C=O) groups is 1. The molecule has 0 unspecified atom stereocenters. The number of amides is 1. The van der Waals surface area contributed by atoms with E-state index in [1.807, 2.05) is 0 Å². The molecule has 3 aromatic heterocycles. The van der Waals surface area contributed by atoms with Crippen molar-refractivity contribution in [1.82, 2.24) is 15.0 Å². The molecule has 0 fully saturated rings. The molecule has 0 radical (unpaired) electrons. The van der Waals surface area contributed by atoms with Gasteiger partial charge < -0.3 is 19.9 Å². The van der Waals surface area contributed by atoms with Gasteiger partial charge in [0.1, 0.15) is 34.2 Å². The third-order valence-corrected chi connectivity index (χ3v) is 6.12. The predicted molar refractivity (Wildman–Crippen MR) is 141 cm³/mol. The van der Waals surface area contributed by atoms with E-state index in [2.05, 4.69) is 20.3 Å². The lowest BCUT2D eigenvalue weighted by atomic mass is 9.98. The third-order valence-electron chi connectivity index (χ3n) is 6.12. The predicted octanol–water partition coefficient (Wildman–Crippen LogP) is 6.48. The van der Waals surface area contributed by atoms with Gasteiger partial charge in [0, 0.05) is 53.0 Å². The van der Waals surface area contributed by atoms with E-state index in [1.165, 1.54) is 51.6 Å². The number of aromatic nitrogens is 3. The van der Waals surface area contributed by atoms with Crippen molar-refractivity contribution in [2.45, 2.75) is 13.8 Å². The first-order valence-electron chi connectivity index (χ1n) is 11.9. The zero-order chi connectivity index (χ0) is 28.6. The molecule has 8 nitrogen and oxygen atoms in total. The number of ether oxygens (including phenoxy) is 2. The van der Waals surface area contributed by atoms with Crippen LogP contribution in [0.1, 0.15) is 21.7 Å². The first kappa shape index (κ1) is 26.4. The number of rotatable bonds is 6. The van der Waals surface area contributed by atoms with Crippen LogP contribution in [-0.2, 0) is 0 Å². The highest BCUT2D eigenvalue weighted by atomic mass is 19.1. The Hall–Kier alpha value is -5.19. The molecule has 1 amide bonds. The molecule has 11 heteroatoms. The van der Waals surface area contributed by atoms with E-state index in [9.17, 15) is 18.7 Å². The number of hydrogen-bond acceptors (Lipinski definition) is 7. The Bertz CT molecular complexity index is 1800. The lowest BCUT2D eigenvalue weighted by molar-refractivity contribution is 0.102. The van der Waals surface area contributed by atoms with E-state index in [1.54, 1.807) is 6.07 Å². The van der Waals surface area contributed by atoms with E-state index in [0.717, 1.165) is 18.2 Å². The minimum atomic E-state index is -0.926. The number of benzene rings is 2. The first-order valence-corrected chi connectivity index (χ1v) is 11.9. The molecule has 5 aromatic rings. The number of hydrogen-bond donors (Lipinski definition) is 2. The topological polar surface area (TPSA) is 106 Å². The van der Waals surface area contributed by atoms with Crippen molar-refractivity contribution in [2.24, 2.45) is 0 Å². The van der Waals surface area contributed by atoms with Crippen molar-refractivity contribution in [2.75, 3.05) is 12.4 Å². The van der Waals surface area contributed by atoms with Crippen LogP contribution in [0.5, 0.6) is 23.0 Å². The van der Waals surface area contributed by atoms with E-state index in [-0.39, 0.29) is 45.3 Å². The van der Waals surface area contributed by atoms with Crippen LogP contribution in [0.3, 0.4) is 0 Å². The number of aromatic hydroxyl groups is 1. The van der Waals surface area contributed by atoms with Crippen molar-refractivity contribution < 1.29 is 32.5 Å². The summed E-state index contributed by atoms with van der Waals surface area (Å²) in [6.45, 7) is 3.02. The largest absolute Gasteiger partial charge is 0.506 e. The van der Waals surface area contributed by atoms with Gasteiger partial charge in [-0.2, -0.15) is 0 Å². The van der Waals surface area contributed by atoms with Gasteiger partial charge >= 0.3 is 0 Å². The maximum atomic E-state index is 15.0. The summed E-state index contributed by atoms with van der Waals surface area (Å²) in [5.74, 6) is -3.22. The molecule has 0 saturated heterocycles. The van der Waals surface area contributed by atoms with E-state index >= 15 is 4.39 Å². The molecular weight excluding hydrogens is 525 g/mol. The summed E-state index contributed by atoms with van der Waals surface area (Å²) in [6.07, 6.45) is 2.97. The minimum Gasteiger partial charge on any atom is -0.506 e. The van der Waals surface area contributed by atoms with Gasteiger partial charge in [0.2, 0.25) is 0 Å². The summed E-state index contributed by atoms with van der Waals surface area (Å²) in [5, 5.41) is 13.5.